The van der Waals surface area contributed by atoms with Crippen molar-refractivity contribution in [2.45, 2.75) is 13.8 Å². The number of hydrogen-bond acceptors (Lipinski definition) is 5. The minimum absolute atomic E-state index is 0.0851. The summed E-state index contributed by atoms with van der Waals surface area (Å²) < 4.78 is 0. The van der Waals surface area contributed by atoms with E-state index in [1.54, 1.807) is 11.3 Å². The molecule has 0 aromatic carbocycles. The van der Waals surface area contributed by atoms with Gasteiger partial charge in [0, 0.05) is 18.5 Å². The van der Waals surface area contributed by atoms with Crippen LogP contribution in [0.4, 0.5) is 5.82 Å². The van der Waals surface area contributed by atoms with Gasteiger partial charge in [-0.1, -0.05) is 0 Å². The van der Waals surface area contributed by atoms with Crippen LogP contribution in [0, 0.1) is 13.8 Å². The predicted octanol–water partition coefficient (Wildman–Crippen LogP) is 2.39. The van der Waals surface area contributed by atoms with E-state index in [2.05, 4.69) is 23.8 Å². The number of hydrogen-bond donors (Lipinski definition) is 1. The number of fused-ring (bicyclic) bond motifs is 1. The molecule has 0 unspecified atom stereocenters. The van der Waals surface area contributed by atoms with Crippen molar-refractivity contribution < 1.29 is 5.11 Å². The fourth-order valence-corrected chi connectivity index (χ4v) is 2.97. The van der Waals surface area contributed by atoms with Gasteiger partial charge in [0.15, 0.2) is 0 Å². The molecule has 2 aromatic heterocycles. The Kier molecular flexibility index (Phi) is 3.51. The predicted molar refractivity (Wildman–Crippen MR) is 72.3 cm³/mol. The molecule has 0 aliphatic carbocycles. The summed E-state index contributed by atoms with van der Waals surface area (Å²) in [6.45, 7) is 4.73. The van der Waals surface area contributed by atoms with Gasteiger partial charge in [-0.05, 0) is 31.0 Å². The molecule has 0 saturated carbocycles. The second kappa shape index (κ2) is 4.76. The van der Waals surface area contributed by atoms with Crippen LogP contribution in [0.15, 0.2) is 0 Å². The van der Waals surface area contributed by atoms with Crippen molar-refractivity contribution >= 4 is 39.0 Å². The Morgan fingerprint density at radius 2 is 2.06 bits per heavy atom. The number of aliphatic hydroxyl groups excluding tert-OH is 1. The average Bonchev–Trinajstić information content (AvgIpc) is 2.54. The molecule has 0 aliphatic rings. The van der Waals surface area contributed by atoms with Crippen molar-refractivity contribution in [2.24, 2.45) is 0 Å². The molecular formula is C11H14ClN3OS. The highest BCUT2D eigenvalue weighted by atomic mass is 35.5. The molecule has 4 nitrogen and oxygen atoms in total. The molecule has 0 bridgehead atoms. The standard InChI is InChI=1S/C11H14ClN3OS/c1-6-7(2)17-10-8(6)9(13-11(12)14-10)15(3)4-5-16/h16H,4-5H2,1-3H3. The molecule has 2 aromatic rings. The summed E-state index contributed by atoms with van der Waals surface area (Å²) >= 11 is 7.54. The Morgan fingerprint density at radius 1 is 1.35 bits per heavy atom. The lowest BCUT2D eigenvalue weighted by Crippen LogP contribution is -2.22. The smallest absolute Gasteiger partial charge is 0.225 e. The molecule has 0 atom stereocenters. The van der Waals surface area contributed by atoms with Gasteiger partial charge in [0.1, 0.15) is 10.6 Å². The Labute approximate surface area is 109 Å². The van der Waals surface area contributed by atoms with Gasteiger partial charge in [-0.2, -0.15) is 4.98 Å². The molecular weight excluding hydrogens is 258 g/mol. The van der Waals surface area contributed by atoms with Crippen LogP contribution >= 0.6 is 22.9 Å². The van der Waals surface area contributed by atoms with Crippen LogP contribution in [0.2, 0.25) is 5.28 Å². The van der Waals surface area contributed by atoms with Crippen molar-refractivity contribution in [1.29, 1.82) is 0 Å². The quantitative estimate of drug-likeness (QED) is 0.871. The van der Waals surface area contributed by atoms with E-state index in [1.807, 2.05) is 11.9 Å². The maximum Gasteiger partial charge on any atom is 0.225 e. The third-order valence-electron chi connectivity index (χ3n) is 2.78. The highest BCUT2D eigenvalue weighted by Crippen LogP contribution is 2.35. The van der Waals surface area contributed by atoms with Crippen LogP contribution in [-0.2, 0) is 0 Å². The summed E-state index contributed by atoms with van der Waals surface area (Å²) in [5.74, 6) is 0.788. The minimum Gasteiger partial charge on any atom is -0.395 e. The van der Waals surface area contributed by atoms with E-state index in [4.69, 9.17) is 16.7 Å². The first-order chi connectivity index (χ1) is 8.04. The molecule has 0 aliphatic heterocycles. The SMILES string of the molecule is Cc1sc2nc(Cl)nc(N(C)CCO)c2c1C. The van der Waals surface area contributed by atoms with Crippen molar-refractivity contribution in [2.75, 3.05) is 25.1 Å². The summed E-state index contributed by atoms with van der Waals surface area (Å²) in [5, 5.41) is 10.3. The van der Waals surface area contributed by atoms with Crippen LogP contribution in [0.3, 0.4) is 0 Å². The van der Waals surface area contributed by atoms with Crippen LogP contribution in [0.5, 0.6) is 0 Å². The molecule has 2 rings (SSSR count). The highest BCUT2D eigenvalue weighted by Gasteiger charge is 2.16. The van der Waals surface area contributed by atoms with Crippen LogP contribution in [-0.4, -0.2) is 35.3 Å². The van der Waals surface area contributed by atoms with E-state index >= 15 is 0 Å². The highest BCUT2D eigenvalue weighted by molar-refractivity contribution is 7.18. The second-order valence-corrected chi connectivity index (χ2v) is 5.47. The zero-order valence-corrected chi connectivity index (χ0v) is 11.6. The van der Waals surface area contributed by atoms with Gasteiger partial charge in [-0.3, -0.25) is 0 Å². The summed E-state index contributed by atoms with van der Waals surface area (Å²) in [5.41, 5.74) is 1.18. The van der Waals surface area contributed by atoms with Gasteiger partial charge in [0.25, 0.3) is 0 Å². The van der Waals surface area contributed by atoms with Crippen molar-refractivity contribution in [3.05, 3.63) is 15.7 Å². The third-order valence-corrected chi connectivity index (χ3v) is 4.05. The number of aliphatic hydroxyl groups is 1. The Hall–Kier alpha value is -0.910. The summed E-state index contributed by atoms with van der Waals surface area (Å²) in [4.78, 5) is 12.5. The zero-order chi connectivity index (χ0) is 12.6. The molecule has 0 fully saturated rings. The van der Waals surface area contributed by atoms with Gasteiger partial charge >= 0.3 is 0 Å². The van der Waals surface area contributed by atoms with E-state index in [-0.39, 0.29) is 11.9 Å². The first-order valence-electron chi connectivity index (χ1n) is 5.29. The fraction of sp³-hybridized carbons (Fsp3) is 0.455. The Balaban J connectivity index is 2.67. The lowest BCUT2D eigenvalue weighted by atomic mass is 10.2. The molecule has 17 heavy (non-hydrogen) atoms. The van der Waals surface area contributed by atoms with Gasteiger partial charge in [0.05, 0.1) is 12.0 Å². The van der Waals surface area contributed by atoms with Gasteiger partial charge in [0.2, 0.25) is 5.28 Å². The van der Waals surface area contributed by atoms with Crippen molar-refractivity contribution in [1.82, 2.24) is 9.97 Å². The lowest BCUT2D eigenvalue weighted by Gasteiger charge is -2.18. The van der Waals surface area contributed by atoms with E-state index in [0.29, 0.717) is 6.54 Å². The van der Waals surface area contributed by atoms with Gasteiger partial charge in [-0.15, -0.1) is 11.3 Å². The molecule has 0 spiro atoms. The number of thiophene rings is 1. The maximum absolute atomic E-state index is 9.00. The summed E-state index contributed by atoms with van der Waals surface area (Å²) in [7, 11) is 1.89. The van der Waals surface area contributed by atoms with E-state index in [0.717, 1.165) is 16.0 Å². The number of aryl methyl sites for hydroxylation is 2. The number of anilines is 1. The molecule has 6 heteroatoms. The molecule has 2 heterocycles. The maximum atomic E-state index is 9.00. The Morgan fingerprint density at radius 3 is 2.71 bits per heavy atom. The number of nitrogens with zero attached hydrogens (tertiary/aromatic N) is 3. The van der Waals surface area contributed by atoms with Gasteiger partial charge < -0.3 is 10.0 Å². The molecule has 92 valence electrons. The molecule has 1 N–H and O–H groups in total. The monoisotopic (exact) mass is 271 g/mol. The van der Waals surface area contributed by atoms with Crippen LogP contribution in [0.1, 0.15) is 10.4 Å². The average molecular weight is 272 g/mol. The second-order valence-electron chi connectivity index (χ2n) is 3.92. The molecule has 0 saturated heterocycles. The first kappa shape index (κ1) is 12.5. The zero-order valence-electron chi connectivity index (χ0n) is 9.99. The number of aromatic nitrogens is 2. The number of rotatable bonds is 3. The van der Waals surface area contributed by atoms with Crippen molar-refractivity contribution in [3.8, 4) is 0 Å². The first-order valence-corrected chi connectivity index (χ1v) is 6.49. The fourth-order valence-electron chi connectivity index (χ4n) is 1.74. The van der Waals surface area contributed by atoms with Crippen LogP contribution < -0.4 is 4.90 Å². The summed E-state index contributed by atoms with van der Waals surface area (Å²) in [6.07, 6.45) is 0. The van der Waals surface area contributed by atoms with Crippen molar-refractivity contribution in [3.63, 3.8) is 0 Å². The molecule has 0 radical (unpaired) electrons. The number of halogens is 1. The van der Waals surface area contributed by atoms with E-state index in [1.165, 1.54) is 10.4 Å². The summed E-state index contributed by atoms with van der Waals surface area (Å²) in [6, 6.07) is 0. The van der Waals surface area contributed by atoms with Gasteiger partial charge in [-0.25, -0.2) is 4.98 Å². The van der Waals surface area contributed by atoms with E-state index in [9.17, 15) is 0 Å². The topological polar surface area (TPSA) is 49.2 Å². The largest absolute Gasteiger partial charge is 0.395 e. The van der Waals surface area contributed by atoms with Crippen LogP contribution in [0.25, 0.3) is 10.2 Å². The number of likely N-dealkylation sites (N-methyl/N-ethyl adjacent to an activating group) is 1. The molecule has 0 amide bonds. The minimum atomic E-state index is 0.0851. The third kappa shape index (κ3) is 2.22. The lowest BCUT2D eigenvalue weighted by molar-refractivity contribution is 0.304. The normalized spacial score (nSPS) is 11.1. The van der Waals surface area contributed by atoms with E-state index < -0.39 is 0 Å². The Bertz CT molecular complexity index is 555.